The summed E-state index contributed by atoms with van der Waals surface area (Å²) >= 11 is 0. The largest absolute Gasteiger partial charge is 0.378 e. The van der Waals surface area contributed by atoms with Gasteiger partial charge in [-0.25, -0.2) is 13.1 Å². The number of carbonyl (C=O) groups excluding carboxylic acids is 1. The molecule has 8 heteroatoms. The molecule has 0 aliphatic carbocycles. The number of piperazine rings is 1. The number of ether oxygens (including phenoxy) is 1. The molecule has 1 amide bonds. The van der Waals surface area contributed by atoms with E-state index in [1.807, 2.05) is 0 Å². The first-order chi connectivity index (χ1) is 12.6. The number of carbonyl (C=O) groups is 1. The lowest BCUT2D eigenvalue weighted by atomic mass is 10.1. The van der Waals surface area contributed by atoms with E-state index < -0.39 is 10.0 Å². The summed E-state index contributed by atoms with van der Waals surface area (Å²) in [6.07, 6.45) is 3.99. The second-order valence-corrected chi connectivity index (χ2v) is 8.51. The minimum absolute atomic E-state index is 0.126. The number of nitrogens with zero attached hydrogens (tertiary/aromatic N) is 1. The Bertz CT molecular complexity index is 711. The Hall–Kier alpha value is -1.48. The molecular weight excluding hydrogens is 354 g/mol. The minimum atomic E-state index is -3.64. The monoisotopic (exact) mass is 381 g/mol. The predicted octanol–water partition coefficient (Wildman–Crippen LogP) is 0.970. The van der Waals surface area contributed by atoms with Gasteiger partial charge in [-0.3, -0.25) is 4.79 Å². The van der Waals surface area contributed by atoms with E-state index >= 15 is 0 Å². The summed E-state index contributed by atoms with van der Waals surface area (Å²) in [5.41, 5.74) is 0.408. The molecule has 1 atom stereocenters. The highest BCUT2D eigenvalue weighted by atomic mass is 32.2. The minimum Gasteiger partial charge on any atom is -0.378 e. The van der Waals surface area contributed by atoms with Crippen LogP contribution in [0.25, 0.3) is 0 Å². The summed E-state index contributed by atoms with van der Waals surface area (Å²) in [6.45, 7) is 3.88. The molecular formula is C18H27N3O4S. The Morgan fingerprint density at radius 3 is 2.81 bits per heavy atom. The van der Waals surface area contributed by atoms with Crippen LogP contribution in [0.5, 0.6) is 0 Å². The lowest BCUT2D eigenvalue weighted by Gasteiger charge is -2.27. The third kappa shape index (κ3) is 5.03. The van der Waals surface area contributed by atoms with E-state index in [2.05, 4.69) is 10.0 Å². The second kappa shape index (κ2) is 8.94. The van der Waals surface area contributed by atoms with Crippen molar-refractivity contribution in [3.63, 3.8) is 0 Å². The molecule has 2 fully saturated rings. The van der Waals surface area contributed by atoms with Gasteiger partial charge in [-0.2, -0.15) is 0 Å². The van der Waals surface area contributed by atoms with Gasteiger partial charge in [0.15, 0.2) is 0 Å². The molecule has 0 bridgehead atoms. The SMILES string of the molecule is O=C(c1cccc(S(=O)(=O)NCC[C@@H]2CCCCO2)c1)N1CCNCC1. The average Bonchev–Trinajstić information content (AvgIpc) is 2.69. The summed E-state index contributed by atoms with van der Waals surface area (Å²) in [4.78, 5) is 14.4. The topological polar surface area (TPSA) is 87.7 Å². The fraction of sp³-hybridized carbons (Fsp3) is 0.611. The zero-order valence-corrected chi connectivity index (χ0v) is 15.8. The van der Waals surface area contributed by atoms with Crippen molar-refractivity contribution in [2.75, 3.05) is 39.3 Å². The lowest BCUT2D eigenvalue weighted by molar-refractivity contribution is 0.0123. The third-order valence-electron chi connectivity index (χ3n) is 4.83. The van der Waals surface area contributed by atoms with Crippen LogP contribution in [0, 0.1) is 0 Å². The van der Waals surface area contributed by atoms with Crippen LogP contribution in [0.1, 0.15) is 36.0 Å². The molecule has 3 rings (SSSR count). The summed E-state index contributed by atoms with van der Waals surface area (Å²) < 4.78 is 33.3. The molecule has 2 heterocycles. The lowest BCUT2D eigenvalue weighted by Crippen LogP contribution is -2.46. The van der Waals surface area contributed by atoms with Gasteiger partial charge in [0.2, 0.25) is 10.0 Å². The number of nitrogens with one attached hydrogen (secondary N) is 2. The first kappa shape index (κ1) is 19.3. The van der Waals surface area contributed by atoms with Crippen molar-refractivity contribution in [3.8, 4) is 0 Å². The van der Waals surface area contributed by atoms with Gasteiger partial charge in [0.05, 0.1) is 11.0 Å². The maximum atomic E-state index is 12.6. The van der Waals surface area contributed by atoms with Crippen molar-refractivity contribution in [3.05, 3.63) is 29.8 Å². The summed E-state index contributed by atoms with van der Waals surface area (Å²) in [6, 6.07) is 6.27. The van der Waals surface area contributed by atoms with E-state index in [9.17, 15) is 13.2 Å². The normalized spacial score (nSPS) is 21.5. The first-order valence-corrected chi connectivity index (χ1v) is 10.8. The number of amides is 1. The maximum absolute atomic E-state index is 12.6. The molecule has 1 aromatic carbocycles. The van der Waals surface area contributed by atoms with Gasteiger partial charge in [0.25, 0.3) is 5.91 Å². The number of hydrogen-bond donors (Lipinski definition) is 2. The van der Waals surface area contributed by atoms with Crippen molar-refractivity contribution in [1.29, 1.82) is 0 Å². The van der Waals surface area contributed by atoms with E-state index in [-0.39, 0.29) is 16.9 Å². The molecule has 2 N–H and O–H groups in total. The number of sulfonamides is 1. The predicted molar refractivity (Wildman–Crippen MR) is 98.6 cm³/mol. The van der Waals surface area contributed by atoms with Gasteiger partial charge in [0, 0.05) is 44.9 Å². The Morgan fingerprint density at radius 2 is 2.08 bits per heavy atom. The smallest absolute Gasteiger partial charge is 0.253 e. The van der Waals surface area contributed by atoms with E-state index in [1.165, 1.54) is 12.1 Å². The van der Waals surface area contributed by atoms with Crippen LogP contribution >= 0.6 is 0 Å². The quantitative estimate of drug-likeness (QED) is 0.767. The number of benzene rings is 1. The molecule has 0 saturated carbocycles. The van der Waals surface area contributed by atoms with Gasteiger partial charge in [-0.15, -0.1) is 0 Å². The van der Waals surface area contributed by atoms with Gasteiger partial charge < -0.3 is 15.0 Å². The fourth-order valence-corrected chi connectivity index (χ4v) is 4.41. The van der Waals surface area contributed by atoms with Gasteiger partial charge in [-0.05, 0) is 43.9 Å². The van der Waals surface area contributed by atoms with Crippen LogP contribution in [0.3, 0.4) is 0 Å². The third-order valence-corrected chi connectivity index (χ3v) is 6.29. The van der Waals surface area contributed by atoms with Crippen molar-refractivity contribution in [2.24, 2.45) is 0 Å². The van der Waals surface area contributed by atoms with Crippen LogP contribution in [0.15, 0.2) is 29.2 Å². The Kier molecular flexibility index (Phi) is 6.63. The molecule has 2 aliphatic rings. The second-order valence-electron chi connectivity index (χ2n) is 6.75. The Labute approximate surface area is 155 Å². The molecule has 0 spiro atoms. The average molecular weight is 381 g/mol. The van der Waals surface area contributed by atoms with Crippen molar-refractivity contribution in [2.45, 2.75) is 36.7 Å². The van der Waals surface area contributed by atoms with Crippen LogP contribution in [-0.4, -0.2) is 64.7 Å². The standard InChI is InChI=1S/C18H27N3O4S/c22-18(21-11-9-19-10-12-21)15-4-3-6-17(14-15)26(23,24)20-8-7-16-5-1-2-13-25-16/h3-4,6,14,16,19-20H,1-2,5,7-13H2/t16-/m0/s1. The van der Waals surface area contributed by atoms with Crippen LogP contribution < -0.4 is 10.0 Å². The molecule has 0 unspecified atom stereocenters. The molecule has 7 nitrogen and oxygen atoms in total. The first-order valence-electron chi connectivity index (χ1n) is 9.27. The van der Waals surface area contributed by atoms with E-state index in [1.54, 1.807) is 17.0 Å². The van der Waals surface area contributed by atoms with E-state index in [4.69, 9.17) is 4.74 Å². The highest BCUT2D eigenvalue weighted by Gasteiger charge is 2.21. The van der Waals surface area contributed by atoms with Crippen molar-refractivity contribution < 1.29 is 17.9 Å². The molecule has 144 valence electrons. The summed E-state index contributed by atoms with van der Waals surface area (Å²) in [5.74, 6) is -0.126. The zero-order valence-electron chi connectivity index (χ0n) is 14.9. The van der Waals surface area contributed by atoms with E-state index in [0.717, 1.165) is 39.0 Å². The molecule has 26 heavy (non-hydrogen) atoms. The highest BCUT2D eigenvalue weighted by Crippen LogP contribution is 2.17. The van der Waals surface area contributed by atoms with Crippen LogP contribution in [-0.2, 0) is 14.8 Å². The molecule has 0 radical (unpaired) electrons. The fourth-order valence-electron chi connectivity index (χ4n) is 3.32. The van der Waals surface area contributed by atoms with Crippen molar-refractivity contribution >= 4 is 15.9 Å². The maximum Gasteiger partial charge on any atom is 0.253 e. The van der Waals surface area contributed by atoms with Crippen molar-refractivity contribution in [1.82, 2.24) is 14.9 Å². The molecule has 1 aromatic rings. The van der Waals surface area contributed by atoms with Gasteiger partial charge in [0.1, 0.15) is 0 Å². The molecule has 2 saturated heterocycles. The Balaban J connectivity index is 1.61. The highest BCUT2D eigenvalue weighted by molar-refractivity contribution is 7.89. The Morgan fingerprint density at radius 1 is 1.27 bits per heavy atom. The van der Waals surface area contributed by atoms with Gasteiger partial charge >= 0.3 is 0 Å². The van der Waals surface area contributed by atoms with E-state index in [0.29, 0.717) is 31.6 Å². The zero-order chi connectivity index (χ0) is 18.4. The number of rotatable bonds is 6. The number of hydrogen-bond acceptors (Lipinski definition) is 5. The van der Waals surface area contributed by atoms with Crippen LogP contribution in [0.4, 0.5) is 0 Å². The summed E-state index contributed by atoms with van der Waals surface area (Å²) in [5, 5.41) is 3.20. The summed E-state index contributed by atoms with van der Waals surface area (Å²) in [7, 11) is -3.64. The molecule has 0 aromatic heterocycles. The van der Waals surface area contributed by atoms with Crippen LogP contribution in [0.2, 0.25) is 0 Å². The molecule has 2 aliphatic heterocycles. The van der Waals surface area contributed by atoms with Gasteiger partial charge in [-0.1, -0.05) is 6.07 Å².